The van der Waals surface area contributed by atoms with Crippen LogP contribution in [0.2, 0.25) is 0 Å². The van der Waals surface area contributed by atoms with Gasteiger partial charge in [-0.15, -0.1) is 0 Å². The van der Waals surface area contributed by atoms with E-state index >= 15 is 0 Å². The second kappa shape index (κ2) is 6.36. The maximum Gasteiger partial charge on any atom is 0.265 e. The summed E-state index contributed by atoms with van der Waals surface area (Å²) in [5.74, 6) is -1.65. The minimum absolute atomic E-state index is 0.0468. The Bertz CT molecular complexity index is 836. The van der Waals surface area contributed by atoms with Crippen LogP contribution in [0.3, 0.4) is 0 Å². The number of thiazole rings is 1. The maximum absolute atomic E-state index is 13.2. The number of hydrogen-bond acceptors (Lipinski definition) is 6. The number of aromatic nitrogens is 1. The molecule has 1 aliphatic rings. The van der Waals surface area contributed by atoms with Gasteiger partial charge in [0.1, 0.15) is 22.3 Å². The lowest BCUT2D eigenvalue weighted by atomic mass is 9.97. The Kier molecular flexibility index (Phi) is 4.26. The number of halogens is 1. The highest BCUT2D eigenvalue weighted by atomic mass is 32.1. The van der Waals surface area contributed by atoms with Crippen molar-refractivity contribution in [3.05, 3.63) is 41.3 Å². The average molecular weight is 348 g/mol. The van der Waals surface area contributed by atoms with E-state index in [1.807, 2.05) is 0 Å². The van der Waals surface area contributed by atoms with E-state index in [1.165, 1.54) is 31.4 Å². The molecule has 2 N–H and O–H groups in total. The summed E-state index contributed by atoms with van der Waals surface area (Å²) in [5, 5.41) is 5.91. The van der Waals surface area contributed by atoms with Gasteiger partial charge in [0.25, 0.3) is 5.91 Å². The second-order valence-electron chi connectivity index (χ2n) is 5.10. The number of amides is 2. The Hall–Kier alpha value is -2.81. The summed E-state index contributed by atoms with van der Waals surface area (Å²) < 4.78 is 18.7. The Morgan fingerprint density at radius 1 is 1.50 bits per heavy atom. The van der Waals surface area contributed by atoms with Crippen LogP contribution in [-0.4, -0.2) is 34.6 Å². The van der Waals surface area contributed by atoms with Crippen molar-refractivity contribution in [1.29, 1.82) is 0 Å². The van der Waals surface area contributed by atoms with Gasteiger partial charge in [0.05, 0.1) is 12.1 Å². The van der Waals surface area contributed by atoms with Gasteiger partial charge in [-0.05, 0) is 12.1 Å². The van der Waals surface area contributed by atoms with Gasteiger partial charge < -0.3 is 10.5 Å². The van der Waals surface area contributed by atoms with Gasteiger partial charge in [-0.25, -0.2) is 14.4 Å². The third-order valence-corrected chi connectivity index (χ3v) is 4.38. The van der Waals surface area contributed by atoms with E-state index in [2.05, 4.69) is 10.1 Å². The first kappa shape index (κ1) is 16.1. The van der Waals surface area contributed by atoms with Gasteiger partial charge >= 0.3 is 0 Å². The number of hydrogen-bond donors (Lipinski definition) is 1. The van der Waals surface area contributed by atoms with Crippen LogP contribution in [0.25, 0.3) is 0 Å². The van der Waals surface area contributed by atoms with Crippen LogP contribution in [0.4, 0.5) is 4.39 Å². The molecule has 124 valence electrons. The fraction of sp³-hybridized carbons (Fsp3) is 0.200. The molecule has 0 bridgehead atoms. The van der Waals surface area contributed by atoms with Crippen molar-refractivity contribution in [3.63, 3.8) is 0 Å². The molecule has 0 spiro atoms. The standard InChI is InChI=1S/C15H13FN4O3S/c1-20-11(21)6-10(13(19-20)14(17)22)15-18-7-12(24-15)23-9-4-2-3-8(16)5-9/h2-5,7,10H,6H2,1H3,(H2,17,22). The molecule has 1 atom stereocenters. The van der Waals surface area contributed by atoms with Crippen molar-refractivity contribution >= 4 is 28.9 Å². The Labute approximate surface area is 140 Å². The summed E-state index contributed by atoms with van der Waals surface area (Å²) in [6.07, 6.45) is 1.50. The molecule has 0 saturated carbocycles. The van der Waals surface area contributed by atoms with Gasteiger partial charge in [-0.3, -0.25) is 9.59 Å². The zero-order valence-electron chi connectivity index (χ0n) is 12.6. The number of carbonyl (C=O) groups excluding carboxylic acids is 2. The van der Waals surface area contributed by atoms with Gasteiger partial charge in [0.15, 0.2) is 0 Å². The number of primary amides is 1. The molecule has 9 heteroatoms. The smallest absolute Gasteiger partial charge is 0.265 e. The molecule has 7 nitrogen and oxygen atoms in total. The number of benzene rings is 1. The van der Waals surface area contributed by atoms with E-state index in [0.717, 1.165) is 16.3 Å². The number of carbonyl (C=O) groups is 2. The summed E-state index contributed by atoms with van der Waals surface area (Å²) >= 11 is 1.15. The topological polar surface area (TPSA) is 97.9 Å². The van der Waals surface area contributed by atoms with Crippen LogP contribution in [0.5, 0.6) is 10.8 Å². The number of nitrogens with two attached hydrogens (primary N) is 1. The van der Waals surface area contributed by atoms with Crippen molar-refractivity contribution in [1.82, 2.24) is 9.99 Å². The average Bonchev–Trinajstić information content (AvgIpc) is 2.97. The van der Waals surface area contributed by atoms with Gasteiger partial charge in [-0.1, -0.05) is 17.4 Å². The maximum atomic E-state index is 13.2. The van der Waals surface area contributed by atoms with Crippen molar-refractivity contribution < 1.29 is 18.7 Å². The summed E-state index contributed by atoms with van der Waals surface area (Å²) in [6, 6.07) is 5.69. The predicted octanol–water partition coefficient (Wildman–Crippen LogP) is 1.86. The van der Waals surface area contributed by atoms with Crippen LogP contribution in [0, 0.1) is 5.82 Å². The minimum atomic E-state index is -0.706. The molecular weight excluding hydrogens is 335 g/mol. The highest BCUT2D eigenvalue weighted by molar-refractivity contribution is 7.13. The van der Waals surface area contributed by atoms with Crippen LogP contribution in [0.15, 0.2) is 35.6 Å². The monoisotopic (exact) mass is 348 g/mol. The van der Waals surface area contributed by atoms with Crippen molar-refractivity contribution in [2.45, 2.75) is 12.3 Å². The molecule has 1 aliphatic heterocycles. The molecule has 0 saturated heterocycles. The fourth-order valence-electron chi connectivity index (χ4n) is 2.24. The van der Waals surface area contributed by atoms with E-state index < -0.39 is 17.6 Å². The number of ether oxygens (including phenoxy) is 1. The Balaban J connectivity index is 1.85. The quantitative estimate of drug-likeness (QED) is 0.912. The molecule has 2 heterocycles. The zero-order chi connectivity index (χ0) is 17.3. The number of rotatable bonds is 4. The van der Waals surface area contributed by atoms with Crippen LogP contribution in [-0.2, 0) is 9.59 Å². The summed E-state index contributed by atoms with van der Waals surface area (Å²) in [6.45, 7) is 0. The Morgan fingerprint density at radius 2 is 2.29 bits per heavy atom. The van der Waals surface area contributed by atoms with E-state index in [4.69, 9.17) is 10.5 Å². The van der Waals surface area contributed by atoms with Crippen molar-refractivity contribution in [2.24, 2.45) is 10.8 Å². The molecule has 1 unspecified atom stereocenters. The summed E-state index contributed by atoms with van der Waals surface area (Å²) in [7, 11) is 1.46. The zero-order valence-corrected chi connectivity index (χ0v) is 13.4. The summed E-state index contributed by atoms with van der Waals surface area (Å²) in [4.78, 5) is 27.6. The molecule has 1 aromatic heterocycles. The molecule has 1 aromatic carbocycles. The summed E-state index contributed by atoms with van der Waals surface area (Å²) in [5.41, 5.74) is 5.42. The lowest BCUT2D eigenvalue weighted by molar-refractivity contribution is -0.130. The minimum Gasteiger partial charge on any atom is -0.445 e. The lowest BCUT2D eigenvalue weighted by Crippen LogP contribution is -2.39. The predicted molar refractivity (Wildman–Crippen MR) is 85.3 cm³/mol. The van der Waals surface area contributed by atoms with E-state index in [0.29, 0.717) is 15.8 Å². The van der Waals surface area contributed by atoms with Gasteiger partial charge in [0.2, 0.25) is 11.0 Å². The second-order valence-corrected chi connectivity index (χ2v) is 6.13. The third kappa shape index (κ3) is 3.25. The van der Waals surface area contributed by atoms with Gasteiger partial charge in [-0.2, -0.15) is 5.10 Å². The van der Waals surface area contributed by atoms with Crippen LogP contribution < -0.4 is 10.5 Å². The largest absolute Gasteiger partial charge is 0.445 e. The normalized spacial score (nSPS) is 17.6. The number of nitrogens with zero attached hydrogens (tertiary/aromatic N) is 3. The SMILES string of the molecule is CN1N=C(C(N)=O)C(c2ncc(Oc3cccc(F)c3)s2)CC1=O. The molecule has 2 aromatic rings. The first-order chi connectivity index (χ1) is 11.4. The Morgan fingerprint density at radius 3 is 3.00 bits per heavy atom. The van der Waals surface area contributed by atoms with Crippen molar-refractivity contribution in [2.75, 3.05) is 7.05 Å². The van der Waals surface area contributed by atoms with E-state index in [9.17, 15) is 14.0 Å². The molecule has 0 fully saturated rings. The molecule has 3 rings (SSSR count). The number of hydrazone groups is 1. The molecule has 2 amide bonds. The van der Waals surface area contributed by atoms with Gasteiger partial charge in [0, 0.05) is 19.5 Å². The molecule has 0 radical (unpaired) electrons. The van der Waals surface area contributed by atoms with E-state index in [1.54, 1.807) is 6.07 Å². The van der Waals surface area contributed by atoms with Crippen LogP contribution >= 0.6 is 11.3 Å². The molecule has 0 aliphatic carbocycles. The van der Waals surface area contributed by atoms with Crippen LogP contribution in [0.1, 0.15) is 17.3 Å². The fourth-order valence-corrected chi connectivity index (χ4v) is 3.13. The van der Waals surface area contributed by atoms with E-state index in [-0.39, 0.29) is 18.0 Å². The lowest BCUT2D eigenvalue weighted by Gasteiger charge is -2.24. The molecular formula is C15H13FN4O3S. The highest BCUT2D eigenvalue weighted by Gasteiger charge is 2.34. The van der Waals surface area contributed by atoms with Crippen molar-refractivity contribution in [3.8, 4) is 10.8 Å². The third-order valence-electron chi connectivity index (χ3n) is 3.39. The highest BCUT2D eigenvalue weighted by Crippen LogP contribution is 2.35. The molecule has 24 heavy (non-hydrogen) atoms. The first-order valence-corrected chi connectivity index (χ1v) is 7.79. The first-order valence-electron chi connectivity index (χ1n) is 6.98.